The summed E-state index contributed by atoms with van der Waals surface area (Å²) in [5.41, 5.74) is 0. The topological polar surface area (TPSA) is 295 Å². The fourth-order valence-electron chi connectivity index (χ4n) is 0. The van der Waals surface area contributed by atoms with E-state index in [1.165, 1.54) is 0 Å². The fraction of sp³-hybridized carbons (Fsp3) is 0. The van der Waals surface area contributed by atoms with Gasteiger partial charge in [0.05, 0.1) is 0 Å². The van der Waals surface area contributed by atoms with E-state index in [-0.39, 0.29) is 80.9 Å². The van der Waals surface area contributed by atoms with Gasteiger partial charge in [-0.25, -0.2) is 0 Å². The summed E-state index contributed by atoms with van der Waals surface area (Å²) < 4.78 is 31.6. The molecule has 0 rings (SSSR count). The molecule has 0 spiro atoms. The van der Waals surface area contributed by atoms with Crippen LogP contribution >= 0.6 is 0 Å². The van der Waals surface area contributed by atoms with Crippen LogP contribution in [0.1, 0.15) is 0 Å². The van der Waals surface area contributed by atoms with Crippen molar-refractivity contribution in [1.29, 1.82) is 0 Å². The second kappa shape index (κ2) is 48.3. The normalized spacial score (nSPS) is 4.14. The maximum Gasteiger partial charge on any atom is 0.394 e. The van der Waals surface area contributed by atoms with Crippen LogP contribution in [0.3, 0.4) is 0 Å². The van der Waals surface area contributed by atoms with Crippen LogP contribution in [0.5, 0.6) is 0 Å². The molecule has 94 valence electrons. The number of rotatable bonds is 0. The fourth-order valence-corrected chi connectivity index (χ4v) is 0. The number of hydrogen-bond acceptors (Lipinski definition) is 2. The molecular weight excluding hydrogens is 298 g/mol. The first kappa shape index (κ1) is 118. The molecule has 11 nitrogen and oxygen atoms in total. The van der Waals surface area contributed by atoms with Crippen molar-refractivity contribution in [3.8, 4) is 0 Å². The second-order valence-corrected chi connectivity index (χ2v) is 1.34. The summed E-state index contributed by atoms with van der Waals surface area (Å²) in [6, 6.07) is 0. The first-order valence-corrected chi connectivity index (χ1v) is 2.10. The molecule has 0 aliphatic rings. The van der Waals surface area contributed by atoms with Crippen LogP contribution in [0.4, 0.5) is 0 Å². The molecule has 0 bridgehead atoms. The predicted molar refractivity (Wildman–Crippen MR) is 48.0 cm³/mol. The van der Waals surface area contributed by atoms with Crippen molar-refractivity contribution in [3.63, 3.8) is 0 Å². The molecule has 0 aliphatic carbocycles. The Morgan fingerprint density at radius 2 is 0.643 bits per heavy atom. The Bertz CT molecular complexity index is 98.5. The van der Waals surface area contributed by atoms with E-state index in [2.05, 4.69) is 0 Å². The van der Waals surface area contributed by atoms with Crippen molar-refractivity contribution in [2.45, 2.75) is 0 Å². The van der Waals surface area contributed by atoms with Gasteiger partial charge in [0.25, 0.3) is 0 Å². The van der Waals surface area contributed by atoms with Crippen LogP contribution in [0.25, 0.3) is 0 Å². The van der Waals surface area contributed by atoms with E-state index >= 15 is 0 Å². The van der Waals surface area contributed by atoms with E-state index in [9.17, 15) is 0 Å². The van der Waals surface area contributed by atoms with Crippen LogP contribution in [-0.2, 0) is 29.9 Å². The Labute approximate surface area is 109 Å². The Morgan fingerprint density at radius 1 is 0.643 bits per heavy atom. The van der Waals surface area contributed by atoms with Crippen molar-refractivity contribution in [1.82, 2.24) is 0 Å². The molecule has 0 aliphatic heterocycles. The zero-order valence-electron chi connectivity index (χ0n) is 6.33. The molecule has 16 N–H and O–H groups in total. The van der Waals surface area contributed by atoms with Crippen LogP contribution < -0.4 is 0 Å². The molecule has 14 heavy (non-hydrogen) atoms. The van der Waals surface area contributed by atoms with Crippen LogP contribution in [0, 0.1) is 0 Å². The Balaban J connectivity index is -0.00000000222. The maximum absolute atomic E-state index is 8.74. The predicted octanol–water partition coefficient (Wildman–Crippen LogP) is -7.34. The van der Waals surface area contributed by atoms with Gasteiger partial charge in [0.2, 0.25) is 0 Å². The molecule has 0 aromatic rings. The second-order valence-electron chi connectivity index (χ2n) is 0.448. The largest absolute Gasteiger partial charge is 0.412 e. The minimum Gasteiger partial charge on any atom is -0.412 e. The summed E-state index contributed by atoms with van der Waals surface area (Å²) in [4.78, 5) is 0. The van der Waals surface area contributed by atoms with Gasteiger partial charge in [-0.05, 0) is 0 Å². The van der Waals surface area contributed by atoms with E-state index in [1.54, 1.807) is 0 Å². The van der Waals surface area contributed by atoms with Crippen molar-refractivity contribution in [2.75, 3.05) is 0 Å². The molecular formula is H18MgO11SZn. The molecule has 0 aromatic carbocycles. The average Bonchev–Trinajstić information content (AvgIpc) is 0.722. The summed E-state index contributed by atoms with van der Waals surface area (Å²) in [5.74, 6) is 0. The summed E-state index contributed by atoms with van der Waals surface area (Å²) in [6.07, 6.45) is 0. The summed E-state index contributed by atoms with van der Waals surface area (Å²) in [6.45, 7) is 0. The first-order valence-electron chi connectivity index (χ1n) is 0.698. The van der Waals surface area contributed by atoms with E-state index in [1.807, 2.05) is 0 Å². The third-order valence-electron chi connectivity index (χ3n) is 0. The molecule has 0 amide bonds. The van der Waals surface area contributed by atoms with Gasteiger partial charge in [-0.2, -0.15) is 8.42 Å². The summed E-state index contributed by atoms with van der Waals surface area (Å²) in [5, 5.41) is 0. The Morgan fingerprint density at radius 3 is 0.643 bits per heavy atom. The zero-order valence-corrected chi connectivity index (χ0v) is 10.1. The zero-order chi connectivity index (χ0) is 4.50. The van der Waals surface area contributed by atoms with Gasteiger partial charge >= 0.3 is 33.5 Å². The third kappa shape index (κ3) is 1940. The van der Waals surface area contributed by atoms with Crippen LogP contribution in [0.2, 0.25) is 0 Å². The standard InChI is InChI=1S/Mg.H2O4S.7H2O.Zn.2H/c;1-5(2,3)4;;;;;;;;;;/h;(H2,1,2,3,4);7*1H2;;;. The van der Waals surface area contributed by atoms with Crippen molar-refractivity contribution in [3.05, 3.63) is 0 Å². The number of hydrogen-bond donors (Lipinski definition) is 2. The smallest absolute Gasteiger partial charge is 0.394 e. The van der Waals surface area contributed by atoms with E-state index in [0.717, 1.165) is 0 Å². The van der Waals surface area contributed by atoms with Gasteiger partial charge in [-0.3, -0.25) is 9.11 Å². The Kier molecular flexibility index (Phi) is 408. The van der Waals surface area contributed by atoms with Crippen molar-refractivity contribution in [2.24, 2.45) is 0 Å². The van der Waals surface area contributed by atoms with Crippen LogP contribution in [-0.4, -0.2) is 78.9 Å². The van der Waals surface area contributed by atoms with E-state index in [4.69, 9.17) is 17.5 Å². The molecule has 0 heterocycles. The molecule has 0 radical (unpaired) electrons. The maximum atomic E-state index is 8.74. The average molecular weight is 316 g/mol. The molecule has 0 atom stereocenters. The molecule has 0 saturated heterocycles. The molecule has 0 aromatic heterocycles. The summed E-state index contributed by atoms with van der Waals surface area (Å²) in [7, 11) is -4.67. The minimum atomic E-state index is -4.67. The molecule has 0 fully saturated rings. The molecule has 0 saturated carbocycles. The molecule has 0 unspecified atom stereocenters. The monoisotopic (exact) mass is 314 g/mol. The van der Waals surface area contributed by atoms with E-state index < -0.39 is 10.4 Å². The van der Waals surface area contributed by atoms with Gasteiger partial charge in [-0.15, -0.1) is 0 Å². The van der Waals surface area contributed by atoms with Crippen molar-refractivity contribution < 1.29 is 75.3 Å². The minimum absolute atomic E-state index is 0. The van der Waals surface area contributed by atoms with Gasteiger partial charge in [0, 0.05) is 19.5 Å². The Hall–Kier alpha value is 0.980. The van der Waals surface area contributed by atoms with E-state index in [0.29, 0.717) is 0 Å². The molecule has 14 heteroatoms. The first-order chi connectivity index (χ1) is 2.00. The van der Waals surface area contributed by atoms with Gasteiger partial charge in [0.15, 0.2) is 0 Å². The van der Waals surface area contributed by atoms with Gasteiger partial charge in [0.1, 0.15) is 0 Å². The van der Waals surface area contributed by atoms with Crippen molar-refractivity contribution >= 4 is 33.5 Å². The third-order valence-corrected chi connectivity index (χ3v) is 0. The SMILES string of the molecule is O.O.O.O.O.O.O.O=S(=O)(O)O.[MgH2].[Zn]. The van der Waals surface area contributed by atoms with Crippen LogP contribution in [0.15, 0.2) is 0 Å². The quantitative estimate of drug-likeness (QED) is 0.324. The summed E-state index contributed by atoms with van der Waals surface area (Å²) >= 11 is 0. The van der Waals surface area contributed by atoms with Gasteiger partial charge in [-0.1, -0.05) is 0 Å². The van der Waals surface area contributed by atoms with Gasteiger partial charge < -0.3 is 38.3 Å².